The molecule has 0 spiro atoms. The zero-order chi connectivity index (χ0) is 19.3. The molecule has 2 unspecified atom stereocenters. The lowest BCUT2D eigenvalue weighted by molar-refractivity contribution is -0.155. The number of amides is 1. The van der Waals surface area contributed by atoms with Gasteiger partial charge in [-0.25, -0.2) is 0 Å². The van der Waals surface area contributed by atoms with E-state index in [4.69, 9.17) is 9.47 Å². The van der Waals surface area contributed by atoms with Gasteiger partial charge in [0.25, 0.3) is 5.91 Å². The SMILES string of the molecule is COc1ccc(OC)c(CCNC(=O)[C@@]2(O)CC(C)CCC2C(C)C)c1. The Morgan fingerprint density at radius 3 is 2.65 bits per heavy atom. The number of hydrogen-bond donors (Lipinski definition) is 2. The number of methoxy groups -OCH3 is 2. The number of carbonyl (C=O) groups excluding carboxylic acids is 1. The summed E-state index contributed by atoms with van der Waals surface area (Å²) >= 11 is 0. The average Bonchev–Trinajstić information content (AvgIpc) is 2.61. The van der Waals surface area contributed by atoms with Crippen molar-refractivity contribution in [3.8, 4) is 11.5 Å². The van der Waals surface area contributed by atoms with Gasteiger partial charge in [0.05, 0.1) is 14.2 Å². The number of hydrogen-bond acceptors (Lipinski definition) is 4. The highest BCUT2D eigenvalue weighted by atomic mass is 16.5. The number of nitrogens with one attached hydrogen (secondary N) is 1. The summed E-state index contributed by atoms with van der Waals surface area (Å²) in [6.07, 6.45) is 3.11. The largest absolute Gasteiger partial charge is 0.497 e. The first kappa shape index (κ1) is 20.6. The highest BCUT2D eigenvalue weighted by molar-refractivity contribution is 5.85. The van der Waals surface area contributed by atoms with Crippen molar-refractivity contribution in [1.82, 2.24) is 5.32 Å². The maximum absolute atomic E-state index is 12.8. The van der Waals surface area contributed by atoms with Gasteiger partial charge in [0, 0.05) is 6.54 Å². The van der Waals surface area contributed by atoms with Crippen molar-refractivity contribution in [3.05, 3.63) is 23.8 Å². The molecule has 1 aromatic carbocycles. The lowest BCUT2D eigenvalue weighted by Gasteiger charge is -2.43. The highest BCUT2D eigenvalue weighted by Gasteiger charge is 2.48. The predicted molar refractivity (Wildman–Crippen MR) is 103 cm³/mol. The third kappa shape index (κ3) is 4.50. The fourth-order valence-electron chi connectivity index (χ4n) is 4.17. The minimum atomic E-state index is -1.27. The fraction of sp³-hybridized carbons (Fsp3) is 0.667. The molecule has 1 aliphatic rings. The molecule has 2 N–H and O–H groups in total. The first-order valence-electron chi connectivity index (χ1n) is 9.53. The van der Waals surface area contributed by atoms with Crippen LogP contribution < -0.4 is 14.8 Å². The van der Waals surface area contributed by atoms with E-state index in [9.17, 15) is 9.90 Å². The Labute approximate surface area is 157 Å². The van der Waals surface area contributed by atoms with E-state index in [1.54, 1.807) is 14.2 Å². The van der Waals surface area contributed by atoms with Gasteiger partial charge in [-0.05, 0) is 60.8 Å². The van der Waals surface area contributed by atoms with Crippen LogP contribution in [0.3, 0.4) is 0 Å². The fourth-order valence-corrected chi connectivity index (χ4v) is 4.17. The first-order chi connectivity index (χ1) is 12.3. The van der Waals surface area contributed by atoms with Crippen LogP contribution in [0.1, 0.15) is 45.6 Å². The highest BCUT2D eigenvalue weighted by Crippen LogP contribution is 2.41. The number of aliphatic hydroxyl groups is 1. The second-order valence-electron chi connectivity index (χ2n) is 7.85. The minimum Gasteiger partial charge on any atom is -0.497 e. The molecule has 0 bridgehead atoms. The zero-order valence-corrected chi connectivity index (χ0v) is 16.7. The minimum absolute atomic E-state index is 0.00468. The smallest absolute Gasteiger partial charge is 0.252 e. The van der Waals surface area contributed by atoms with Crippen molar-refractivity contribution in [2.24, 2.45) is 17.8 Å². The first-order valence-corrected chi connectivity index (χ1v) is 9.53. The Morgan fingerprint density at radius 2 is 2.04 bits per heavy atom. The van der Waals surface area contributed by atoms with Crippen molar-refractivity contribution < 1.29 is 19.4 Å². The van der Waals surface area contributed by atoms with Crippen LogP contribution in [-0.2, 0) is 11.2 Å². The molecule has 0 saturated heterocycles. The van der Waals surface area contributed by atoms with Gasteiger partial charge in [-0.15, -0.1) is 0 Å². The van der Waals surface area contributed by atoms with E-state index in [0.717, 1.165) is 29.9 Å². The van der Waals surface area contributed by atoms with Crippen LogP contribution >= 0.6 is 0 Å². The summed E-state index contributed by atoms with van der Waals surface area (Å²) < 4.78 is 10.6. The molecule has 5 nitrogen and oxygen atoms in total. The topological polar surface area (TPSA) is 67.8 Å². The Balaban J connectivity index is 2.03. The molecule has 0 aliphatic heterocycles. The quantitative estimate of drug-likeness (QED) is 0.781. The van der Waals surface area contributed by atoms with E-state index in [2.05, 4.69) is 26.1 Å². The van der Waals surface area contributed by atoms with Gasteiger partial charge < -0.3 is 19.9 Å². The Kier molecular flexibility index (Phi) is 6.93. The number of ether oxygens (including phenoxy) is 2. The van der Waals surface area contributed by atoms with Crippen molar-refractivity contribution in [1.29, 1.82) is 0 Å². The summed E-state index contributed by atoms with van der Waals surface area (Å²) in [6, 6.07) is 5.63. The average molecular weight is 363 g/mol. The third-order valence-electron chi connectivity index (χ3n) is 5.61. The van der Waals surface area contributed by atoms with Gasteiger partial charge in [0.1, 0.15) is 17.1 Å². The third-order valence-corrected chi connectivity index (χ3v) is 5.61. The molecule has 146 valence electrons. The summed E-state index contributed by atoms with van der Waals surface area (Å²) in [5.41, 5.74) is -0.304. The molecule has 1 aliphatic carbocycles. The molecule has 1 amide bonds. The summed E-state index contributed by atoms with van der Waals surface area (Å²) in [4.78, 5) is 12.8. The zero-order valence-electron chi connectivity index (χ0n) is 16.7. The van der Waals surface area contributed by atoms with Crippen LogP contribution in [0.4, 0.5) is 0 Å². The molecule has 26 heavy (non-hydrogen) atoms. The molecule has 0 radical (unpaired) electrons. The van der Waals surface area contributed by atoms with Crippen molar-refractivity contribution in [3.63, 3.8) is 0 Å². The second kappa shape index (κ2) is 8.76. The van der Waals surface area contributed by atoms with Crippen LogP contribution in [-0.4, -0.2) is 37.4 Å². The summed E-state index contributed by atoms with van der Waals surface area (Å²) in [5.74, 6) is 1.92. The summed E-state index contributed by atoms with van der Waals surface area (Å²) in [7, 11) is 3.25. The van der Waals surface area contributed by atoms with Crippen LogP contribution in [0.5, 0.6) is 11.5 Å². The Bertz CT molecular complexity index is 616. The maximum atomic E-state index is 12.8. The van der Waals surface area contributed by atoms with E-state index in [-0.39, 0.29) is 17.7 Å². The van der Waals surface area contributed by atoms with E-state index >= 15 is 0 Å². The van der Waals surface area contributed by atoms with Crippen molar-refractivity contribution >= 4 is 5.91 Å². The lowest BCUT2D eigenvalue weighted by atomic mass is 9.66. The summed E-state index contributed by atoms with van der Waals surface area (Å²) in [6.45, 7) is 6.72. The number of benzene rings is 1. The van der Waals surface area contributed by atoms with E-state index in [1.165, 1.54) is 0 Å². The normalized spacial score (nSPS) is 25.8. The van der Waals surface area contributed by atoms with Crippen LogP contribution in [0.15, 0.2) is 18.2 Å². The standard InChI is InChI=1S/C21H33NO4/c1-14(2)18-8-6-15(3)13-21(18,24)20(23)22-11-10-16-12-17(25-4)7-9-19(16)26-5/h7,9,12,14-15,18,24H,6,8,10-11,13H2,1-5H3,(H,22,23)/t15?,18?,21-/m1/s1. The van der Waals surface area contributed by atoms with Gasteiger partial charge in [0.15, 0.2) is 0 Å². The van der Waals surface area contributed by atoms with Crippen LogP contribution in [0.2, 0.25) is 0 Å². The number of carbonyl (C=O) groups is 1. The molecule has 1 fully saturated rings. The molecule has 0 aromatic heterocycles. The van der Waals surface area contributed by atoms with Gasteiger partial charge in [0.2, 0.25) is 0 Å². The molecule has 1 saturated carbocycles. The predicted octanol–water partition coefficient (Wildman–Crippen LogP) is 3.19. The van der Waals surface area contributed by atoms with Gasteiger partial charge >= 0.3 is 0 Å². The maximum Gasteiger partial charge on any atom is 0.252 e. The van der Waals surface area contributed by atoms with Crippen molar-refractivity contribution in [2.45, 2.75) is 52.1 Å². The Hall–Kier alpha value is -1.75. The molecular weight excluding hydrogens is 330 g/mol. The molecule has 3 atom stereocenters. The van der Waals surface area contributed by atoms with Gasteiger partial charge in [-0.3, -0.25) is 4.79 Å². The van der Waals surface area contributed by atoms with Crippen molar-refractivity contribution in [2.75, 3.05) is 20.8 Å². The Morgan fingerprint density at radius 1 is 1.31 bits per heavy atom. The molecule has 5 heteroatoms. The molecule has 1 aromatic rings. The van der Waals surface area contributed by atoms with E-state index in [1.807, 2.05) is 18.2 Å². The van der Waals surface area contributed by atoms with E-state index in [0.29, 0.717) is 25.3 Å². The number of rotatable bonds is 7. The molecule has 0 heterocycles. The second-order valence-corrected chi connectivity index (χ2v) is 7.85. The van der Waals surface area contributed by atoms with E-state index < -0.39 is 5.60 Å². The van der Waals surface area contributed by atoms with Crippen LogP contribution in [0.25, 0.3) is 0 Å². The summed E-state index contributed by atoms with van der Waals surface area (Å²) in [5, 5.41) is 14.1. The molecular formula is C21H33NO4. The van der Waals surface area contributed by atoms with Crippen LogP contribution in [0, 0.1) is 17.8 Å². The monoisotopic (exact) mass is 363 g/mol. The lowest BCUT2D eigenvalue weighted by Crippen LogP contribution is -2.56. The molecule has 2 rings (SSSR count). The van der Waals surface area contributed by atoms with Gasteiger partial charge in [-0.2, -0.15) is 0 Å². The van der Waals surface area contributed by atoms with Gasteiger partial charge in [-0.1, -0.05) is 27.2 Å².